The molecule has 2 N–H and O–H groups in total. The highest BCUT2D eigenvalue weighted by Crippen LogP contribution is 2.39. The first-order valence-corrected chi connectivity index (χ1v) is 11.6. The summed E-state index contributed by atoms with van der Waals surface area (Å²) < 4.78 is 22.3. The molecule has 184 valence electrons. The van der Waals surface area contributed by atoms with Gasteiger partial charge in [-0.2, -0.15) is 4.98 Å². The fourth-order valence-electron chi connectivity index (χ4n) is 4.13. The summed E-state index contributed by atoms with van der Waals surface area (Å²) in [5.74, 6) is 2.65. The molecule has 2 aliphatic rings. The first-order valence-electron chi connectivity index (χ1n) is 10.9. The summed E-state index contributed by atoms with van der Waals surface area (Å²) in [7, 11) is 3.12. The van der Waals surface area contributed by atoms with E-state index >= 15 is 0 Å². The molecule has 1 saturated heterocycles. The van der Waals surface area contributed by atoms with Crippen molar-refractivity contribution >= 4 is 51.8 Å². The number of carbonyl (C=O) groups is 1. The predicted octanol–water partition coefficient (Wildman–Crippen LogP) is 3.02. The minimum absolute atomic E-state index is 0.0968. The second-order valence-corrected chi connectivity index (χ2v) is 8.89. The number of nitrogens with zero attached hydrogens (tertiary/aromatic N) is 4. The lowest BCUT2D eigenvalue weighted by Crippen LogP contribution is -2.54. The van der Waals surface area contributed by atoms with Crippen molar-refractivity contribution in [2.24, 2.45) is 0 Å². The molecular formula is C23H23Cl2N5O5. The number of hydrogen-bond acceptors (Lipinski definition) is 9. The Labute approximate surface area is 211 Å². The normalized spacial score (nSPS) is 17.4. The number of fused-ring (bicyclic) bond motifs is 2. The molecule has 10 nitrogen and oxygen atoms in total. The summed E-state index contributed by atoms with van der Waals surface area (Å²) in [6.07, 6.45) is -0.763. The first kappa shape index (κ1) is 23.4. The Hall–Kier alpha value is -3.37. The Morgan fingerprint density at radius 2 is 1.66 bits per heavy atom. The molecule has 5 rings (SSSR count). The Bertz CT molecular complexity index is 1300. The van der Waals surface area contributed by atoms with Gasteiger partial charge < -0.3 is 34.5 Å². The van der Waals surface area contributed by atoms with Crippen LogP contribution in [0.2, 0.25) is 10.0 Å². The first-order chi connectivity index (χ1) is 16.9. The smallest absolute Gasteiger partial charge is 0.267 e. The maximum atomic E-state index is 13.1. The number of anilines is 2. The lowest BCUT2D eigenvalue weighted by molar-refractivity contribution is -0.141. The molecule has 1 atom stereocenters. The average Bonchev–Trinajstić information content (AvgIpc) is 2.88. The number of aromatic nitrogens is 2. The molecular weight excluding hydrogens is 497 g/mol. The third kappa shape index (κ3) is 4.39. The number of ether oxygens (including phenoxy) is 4. The van der Waals surface area contributed by atoms with Gasteiger partial charge in [0.05, 0.1) is 29.8 Å². The number of amides is 1. The SMILES string of the molecule is COc1cc2nc(N3CCN(C(=O)C4COc5cc(Cl)c(Cl)cc5O4)CC3)nc(N)c2cc1OC. The van der Waals surface area contributed by atoms with E-state index in [0.29, 0.717) is 81.9 Å². The van der Waals surface area contributed by atoms with Gasteiger partial charge in [-0.1, -0.05) is 23.2 Å². The van der Waals surface area contributed by atoms with Crippen molar-refractivity contribution in [3.05, 3.63) is 34.3 Å². The van der Waals surface area contributed by atoms with Crippen molar-refractivity contribution in [2.75, 3.05) is 57.6 Å². The number of rotatable bonds is 4. The van der Waals surface area contributed by atoms with E-state index in [1.807, 2.05) is 4.90 Å². The van der Waals surface area contributed by atoms with Crippen molar-refractivity contribution in [1.82, 2.24) is 14.9 Å². The van der Waals surface area contributed by atoms with Crippen molar-refractivity contribution in [2.45, 2.75) is 6.10 Å². The molecule has 0 aliphatic carbocycles. The van der Waals surface area contributed by atoms with Gasteiger partial charge in [-0.25, -0.2) is 4.98 Å². The topological polar surface area (TPSA) is 112 Å². The molecule has 3 heterocycles. The van der Waals surface area contributed by atoms with E-state index < -0.39 is 6.10 Å². The largest absolute Gasteiger partial charge is 0.493 e. The van der Waals surface area contributed by atoms with Gasteiger partial charge in [0.15, 0.2) is 23.0 Å². The Morgan fingerprint density at radius 3 is 2.34 bits per heavy atom. The molecule has 2 aromatic carbocycles. The Balaban J connectivity index is 1.28. The minimum Gasteiger partial charge on any atom is -0.493 e. The lowest BCUT2D eigenvalue weighted by atomic mass is 10.2. The molecule has 0 bridgehead atoms. The summed E-state index contributed by atoms with van der Waals surface area (Å²) in [5.41, 5.74) is 6.87. The highest BCUT2D eigenvalue weighted by atomic mass is 35.5. The number of halogens is 2. The van der Waals surface area contributed by atoms with Gasteiger partial charge in [0.25, 0.3) is 5.91 Å². The number of benzene rings is 2. The van der Waals surface area contributed by atoms with E-state index in [2.05, 4.69) is 9.97 Å². The van der Waals surface area contributed by atoms with Crippen LogP contribution < -0.4 is 29.6 Å². The van der Waals surface area contributed by atoms with E-state index in [9.17, 15) is 4.79 Å². The van der Waals surface area contributed by atoms with Crippen molar-refractivity contribution < 1.29 is 23.7 Å². The molecule has 1 fully saturated rings. The van der Waals surface area contributed by atoms with Crippen LogP contribution in [0.3, 0.4) is 0 Å². The Morgan fingerprint density at radius 1 is 1.00 bits per heavy atom. The van der Waals surface area contributed by atoms with E-state index in [0.717, 1.165) is 0 Å². The zero-order valence-corrected chi connectivity index (χ0v) is 20.6. The van der Waals surface area contributed by atoms with E-state index in [4.69, 9.17) is 47.9 Å². The second kappa shape index (κ2) is 9.35. The van der Waals surface area contributed by atoms with Crippen LogP contribution in [-0.4, -0.2) is 73.9 Å². The third-order valence-electron chi connectivity index (χ3n) is 6.01. The van der Waals surface area contributed by atoms with Gasteiger partial charge in [0, 0.05) is 49.8 Å². The fraction of sp³-hybridized carbons (Fsp3) is 0.348. The van der Waals surface area contributed by atoms with Crippen LogP contribution in [0.5, 0.6) is 23.0 Å². The number of piperazine rings is 1. The van der Waals surface area contributed by atoms with Crippen molar-refractivity contribution in [3.63, 3.8) is 0 Å². The molecule has 0 radical (unpaired) electrons. The van der Waals surface area contributed by atoms with Crippen LogP contribution in [-0.2, 0) is 4.79 Å². The van der Waals surface area contributed by atoms with Crippen molar-refractivity contribution in [1.29, 1.82) is 0 Å². The molecule has 1 amide bonds. The highest BCUT2D eigenvalue weighted by Gasteiger charge is 2.33. The van der Waals surface area contributed by atoms with E-state index in [1.165, 1.54) is 0 Å². The van der Waals surface area contributed by atoms with Crippen molar-refractivity contribution in [3.8, 4) is 23.0 Å². The zero-order chi connectivity index (χ0) is 24.7. The maximum Gasteiger partial charge on any atom is 0.267 e. The molecule has 2 aliphatic heterocycles. The van der Waals surface area contributed by atoms with Crippen LogP contribution in [0.15, 0.2) is 24.3 Å². The molecule has 35 heavy (non-hydrogen) atoms. The lowest BCUT2D eigenvalue weighted by Gasteiger charge is -2.37. The van der Waals surface area contributed by atoms with Gasteiger partial charge in [0.1, 0.15) is 12.4 Å². The molecule has 0 saturated carbocycles. The number of carbonyl (C=O) groups excluding carboxylic acids is 1. The predicted molar refractivity (Wildman–Crippen MR) is 132 cm³/mol. The van der Waals surface area contributed by atoms with Gasteiger partial charge in [-0.15, -0.1) is 0 Å². The highest BCUT2D eigenvalue weighted by molar-refractivity contribution is 6.42. The number of methoxy groups -OCH3 is 2. The van der Waals surface area contributed by atoms with Crippen LogP contribution in [0.25, 0.3) is 10.9 Å². The van der Waals surface area contributed by atoms with Gasteiger partial charge >= 0.3 is 0 Å². The number of hydrogen-bond donors (Lipinski definition) is 1. The van der Waals surface area contributed by atoms with Gasteiger partial charge in [0.2, 0.25) is 12.1 Å². The van der Waals surface area contributed by atoms with Crippen LogP contribution in [0.1, 0.15) is 0 Å². The monoisotopic (exact) mass is 519 g/mol. The fourth-order valence-corrected chi connectivity index (χ4v) is 4.44. The molecule has 3 aromatic rings. The summed E-state index contributed by atoms with van der Waals surface area (Å²) in [5, 5.41) is 1.38. The number of nitrogen functional groups attached to an aromatic ring is 1. The van der Waals surface area contributed by atoms with Gasteiger partial charge in [-0.3, -0.25) is 4.79 Å². The Kier molecular flexibility index (Phi) is 6.24. The van der Waals surface area contributed by atoms with E-state index in [-0.39, 0.29) is 12.5 Å². The third-order valence-corrected chi connectivity index (χ3v) is 6.74. The van der Waals surface area contributed by atoms with Crippen LogP contribution in [0, 0.1) is 0 Å². The molecule has 1 unspecified atom stereocenters. The average molecular weight is 520 g/mol. The van der Waals surface area contributed by atoms with Gasteiger partial charge in [-0.05, 0) is 6.07 Å². The number of nitrogens with two attached hydrogens (primary N) is 1. The standard InChI is InChI=1S/C23H23Cl2N5O5/c1-32-16-7-12-15(10-17(16)33-2)27-23(28-21(12)26)30-5-3-29(4-6-30)22(31)20-11-34-18-8-13(24)14(25)9-19(18)35-20/h7-10,20H,3-6,11H2,1-2H3,(H2,26,27,28). The minimum atomic E-state index is -0.763. The summed E-state index contributed by atoms with van der Waals surface area (Å²) in [6, 6.07) is 6.67. The van der Waals surface area contributed by atoms with Crippen LogP contribution >= 0.6 is 23.2 Å². The molecule has 12 heteroatoms. The zero-order valence-electron chi connectivity index (χ0n) is 19.1. The van der Waals surface area contributed by atoms with Crippen LogP contribution in [0.4, 0.5) is 11.8 Å². The summed E-state index contributed by atoms with van der Waals surface area (Å²) in [6.45, 7) is 2.12. The van der Waals surface area contributed by atoms with E-state index in [1.54, 1.807) is 43.4 Å². The molecule has 1 aromatic heterocycles. The second-order valence-electron chi connectivity index (χ2n) is 8.08. The summed E-state index contributed by atoms with van der Waals surface area (Å²) in [4.78, 5) is 26.0. The summed E-state index contributed by atoms with van der Waals surface area (Å²) >= 11 is 12.1. The quantitative estimate of drug-likeness (QED) is 0.555. The molecule has 0 spiro atoms. The maximum absolute atomic E-state index is 13.1.